The number of hydrogen-bond donors (Lipinski definition) is 12. The number of allylic oxidation sites excluding steroid dienone is 25. The second-order valence-corrected chi connectivity index (χ2v) is 27.1. The molecule has 0 saturated carbocycles. The van der Waals surface area contributed by atoms with Crippen molar-refractivity contribution in [1.29, 1.82) is 0 Å². The Morgan fingerprint density at radius 2 is 0.680 bits per heavy atom. The monoisotopic (exact) mass is 1450 g/mol. The number of aliphatic hydroxyl groups is 11. The van der Waals surface area contributed by atoms with Gasteiger partial charge in [0.1, 0.15) is 73.2 Å². The van der Waals surface area contributed by atoms with Crippen molar-refractivity contribution in [2.45, 2.75) is 336 Å². The molecule has 3 fully saturated rings. The Hall–Kier alpha value is -4.59. The quantitative estimate of drug-likeness (QED) is 0.0199. The summed E-state index contributed by atoms with van der Waals surface area (Å²) in [4.78, 5) is 13.4. The Labute approximate surface area is 618 Å². The van der Waals surface area contributed by atoms with Crippen molar-refractivity contribution in [2.75, 3.05) is 26.4 Å². The fourth-order valence-electron chi connectivity index (χ4n) is 12.0. The van der Waals surface area contributed by atoms with Crippen LogP contribution in [0.4, 0.5) is 0 Å². The first kappa shape index (κ1) is 92.6. The van der Waals surface area contributed by atoms with Crippen LogP contribution < -0.4 is 5.32 Å². The van der Waals surface area contributed by atoms with Crippen LogP contribution in [0.15, 0.2) is 158 Å². The van der Waals surface area contributed by atoms with E-state index in [1.54, 1.807) is 6.08 Å². The van der Waals surface area contributed by atoms with E-state index in [1.807, 2.05) is 6.08 Å². The van der Waals surface area contributed by atoms with Crippen LogP contribution in [0.25, 0.3) is 0 Å². The second kappa shape index (κ2) is 62.4. The maximum atomic E-state index is 13.4. The van der Waals surface area contributed by atoms with Crippen LogP contribution in [0.5, 0.6) is 0 Å². The highest BCUT2D eigenvalue weighted by Crippen LogP contribution is 2.33. The Morgan fingerprint density at radius 3 is 1.09 bits per heavy atom. The summed E-state index contributed by atoms with van der Waals surface area (Å²) in [6.07, 6.45) is 65.1. The van der Waals surface area contributed by atoms with E-state index in [9.17, 15) is 61.0 Å². The molecule has 3 saturated heterocycles. The predicted molar refractivity (Wildman–Crippen MR) is 410 cm³/mol. The van der Waals surface area contributed by atoms with Crippen molar-refractivity contribution in [3.63, 3.8) is 0 Å². The molecule has 3 aliphatic rings. The first-order valence-corrected chi connectivity index (χ1v) is 39.2. The molecule has 17 unspecified atom stereocenters. The van der Waals surface area contributed by atoms with E-state index in [-0.39, 0.29) is 12.3 Å². The summed E-state index contributed by atoms with van der Waals surface area (Å²) in [5.41, 5.74) is 0. The normalized spacial score (nSPS) is 26.9. The molecule has 0 aromatic heterocycles. The maximum Gasteiger partial charge on any atom is 0.220 e. The molecule has 103 heavy (non-hydrogen) atoms. The van der Waals surface area contributed by atoms with Crippen LogP contribution in [-0.2, 0) is 33.2 Å². The molecule has 1 amide bonds. The lowest BCUT2D eigenvalue weighted by atomic mass is 9.96. The third-order valence-electron chi connectivity index (χ3n) is 18.3. The van der Waals surface area contributed by atoms with Gasteiger partial charge >= 0.3 is 0 Å². The van der Waals surface area contributed by atoms with Gasteiger partial charge in [-0.25, -0.2) is 0 Å². The van der Waals surface area contributed by atoms with E-state index in [4.69, 9.17) is 28.4 Å². The number of nitrogens with one attached hydrogen (secondary N) is 1. The molecule has 0 aromatic rings. The Bertz CT molecular complexity index is 2480. The zero-order valence-electron chi connectivity index (χ0n) is 62.5. The van der Waals surface area contributed by atoms with Crippen LogP contribution >= 0.6 is 0 Å². The molecule has 0 bridgehead atoms. The number of amides is 1. The van der Waals surface area contributed by atoms with Crippen LogP contribution in [0.1, 0.15) is 232 Å². The average molecular weight is 1450 g/mol. The first-order valence-electron chi connectivity index (χ1n) is 39.2. The molecule has 0 spiro atoms. The van der Waals surface area contributed by atoms with Gasteiger partial charge in [0.2, 0.25) is 5.91 Å². The fourth-order valence-corrected chi connectivity index (χ4v) is 12.0. The van der Waals surface area contributed by atoms with Crippen LogP contribution in [0.2, 0.25) is 0 Å². The van der Waals surface area contributed by atoms with Crippen LogP contribution in [0.3, 0.4) is 0 Å². The van der Waals surface area contributed by atoms with Gasteiger partial charge < -0.3 is 89.9 Å². The van der Waals surface area contributed by atoms with Gasteiger partial charge in [-0.05, 0) is 122 Å². The van der Waals surface area contributed by atoms with Gasteiger partial charge in [-0.2, -0.15) is 0 Å². The highest BCUT2D eigenvalue weighted by molar-refractivity contribution is 5.76. The first-order chi connectivity index (χ1) is 50.3. The van der Waals surface area contributed by atoms with Gasteiger partial charge in [0.05, 0.1) is 38.6 Å². The van der Waals surface area contributed by atoms with E-state index in [2.05, 4.69) is 165 Å². The van der Waals surface area contributed by atoms with Crippen LogP contribution in [0, 0.1) is 0 Å². The zero-order valence-corrected chi connectivity index (χ0v) is 62.5. The number of hydrogen-bond acceptors (Lipinski definition) is 18. The van der Waals surface area contributed by atoms with E-state index < -0.39 is 131 Å². The van der Waals surface area contributed by atoms with Crippen LogP contribution in [-0.4, -0.2) is 193 Å². The summed E-state index contributed by atoms with van der Waals surface area (Å²) in [5.74, 6) is -0.338. The number of ether oxygens (including phenoxy) is 6. The average Bonchev–Trinajstić information content (AvgIpc) is 0.781. The van der Waals surface area contributed by atoms with Gasteiger partial charge in [-0.15, -0.1) is 0 Å². The molecule has 0 aliphatic carbocycles. The number of carbonyl (C=O) groups excluding carboxylic acids is 1. The van der Waals surface area contributed by atoms with Gasteiger partial charge in [0.15, 0.2) is 18.9 Å². The molecular formula is C84H137NO18. The lowest BCUT2D eigenvalue weighted by molar-refractivity contribution is -0.379. The Balaban J connectivity index is 1.43. The third kappa shape index (κ3) is 42.5. The topological polar surface area (TPSA) is 307 Å². The smallest absolute Gasteiger partial charge is 0.220 e. The second-order valence-electron chi connectivity index (χ2n) is 27.1. The molecule has 0 aromatic carbocycles. The summed E-state index contributed by atoms with van der Waals surface area (Å²) >= 11 is 0. The largest absolute Gasteiger partial charge is 0.394 e. The lowest BCUT2D eigenvalue weighted by Gasteiger charge is -2.48. The minimum Gasteiger partial charge on any atom is -0.394 e. The summed E-state index contributed by atoms with van der Waals surface area (Å²) in [6.45, 7) is 1.56. The van der Waals surface area contributed by atoms with Crippen molar-refractivity contribution < 1.29 is 89.4 Å². The van der Waals surface area contributed by atoms with Crippen molar-refractivity contribution in [1.82, 2.24) is 5.32 Å². The molecule has 12 N–H and O–H groups in total. The molecular weight excluding hydrogens is 1310 g/mol. The van der Waals surface area contributed by atoms with Gasteiger partial charge in [-0.1, -0.05) is 262 Å². The number of rotatable bonds is 59. The highest BCUT2D eigenvalue weighted by Gasteiger charge is 2.53. The molecule has 3 heterocycles. The fraction of sp³-hybridized carbons (Fsp3) is 0.679. The van der Waals surface area contributed by atoms with E-state index in [1.165, 1.54) is 96.3 Å². The number of aliphatic hydroxyl groups excluding tert-OH is 11. The SMILES string of the molecule is CC/C=C\C/C=C\C/C=C\C/C=C\C/C=C\C/C=C\C/C=C\C/C=C\C/C=C\C/C=C\CCCCC(=O)NC(COC1OC(CO)C(OC2OC(CO)C(OC3OC(CO)C(O)C(O)C3O)C(O)C2O)C(O)C1O)C(O)/C=C/CC/C=C/CC/C=C/CCCCCCCCCCCCCCCCC. The molecule has 17 atom stereocenters. The minimum absolute atomic E-state index is 0.165. The lowest BCUT2D eigenvalue weighted by Crippen LogP contribution is -2.66. The Kier molecular flexibility index (Phi) is 56.2. The van der Waals surface area contributed by atoms with Crippen molar-refractivity contribution in [3.8, 4) is 0 Å². The molecule has 0 radical (unpaired) electrons. The van der Waals surface area contributed by atoms with Gasteiger partial charge in [0.25, 0.3) is 0 Å². The van der Waals surface area contributed by atoms with E-state index >= 15 is 0 Å². The van der Waals surface area contributed by atoms with Crippen molar-refractivity contribution >= 4 is 5.91 Å². The number of carbonyl (C=O) groups is 1. The highest BCUT2D eigenvalue weighted by atomic mass is 16.8. The molecule has 3 rings (SSSR count). The summed E-state index contributed by atoms with van der Waals surface area (Å²) in [7, 11) is 0. The summed E-state index contributed by atoms with van der Waals surface area (Å²) in [5, 5.41) is 121. The van der Waals surface area contributed by atoms with Gasteiger partial charge in [0, 0.05) is 6.42 Å². The third-order valence-corrected chi connectivity index (χ3v) is 18.3. The molecule has 19 nitrogen and oxygen atoms in total. The molecule has 586 valence electrons. The van der Waals surface area contributed by atoms with E-state index in [0.29, 0.717) is 12.8 Å². The van der Waals surface area contributed by atoms with Crippen molar-refractivity contribution in [3.05, 3.63) is 158 Å². The minimum atomic E-state index is -2.00. The maximum absolute atomic E-state index is 13.4. The van der Waals surface area contributed by atoms with Gasteiger partial charge in [-0.3, -0.25) is 4.79 Å². The summed E-state index contributed by atoms with van der Waals surface area (Å²) in [6, 6.07) is -1.03. The summed E-state index contributed by atoms with van der Waals surface area (Å²) < 4.78 is 34.4. The predicted octanol–water partition coefficient (Wildman–Crippen LogP) is 12.8. The van der Waals surface area contributed by atoms with Crippen molar-refractivity contribution in [2.24, 2.45) is 0 Å². The zero-order chi connectivity index (χ0) is 74.6. The standard InChI is InChI=1S/C84H137NO18/c1-3-5-7-9-11-13-15-17-19-21-23-25-27-29-30-31-32-33-34-35-36-38-40-42-44-46-48-50-52-54-56-58-60-62-72(90)85-67(68(89)61-59-57-55-53-51-49-47-45-43-41-39-37-28-26-24-22-20-18-16-14-12-10-8-6-4-2)66-98-82-78(96)75(93)80(70(64-87)100-82)103-84-79(97)76(94)81(71(65-88)101-84)102-83-77(95)74(92)73(91)69(63-86)99-83/h5,7,11,13,17,19,23,25,29-30,32-33,35-36,40,42-43,45-46,48,51-54,59,61,67-71,73-84,86-89,91-97H,3-4,6,8-10,12,14-16,18,20-22,24,26-28,31,34,37-39,41,44,47,49-50,55-58,60,62-66H2,1-2H3,(H,85,90)/b7-5-,13-11-,19-17-,25-23-,30-29-,33-32-,36-35-,42-40-,45-43+,48-46-,53-51+,54-52-,61-59+. The Morgan fingerprint density at radius 1 is 0.359 bits per heavy atom. The van der Waals surface area contributed by atoms with E-state index in [0.717, 1.165) is 103 Å². The molecule has 3 aliphatic heterocycles. The molecule has 19 heteroatoms. The number of unbranched alkanes of at least 4 members (excludes halogenated alkanes) is 19.